The lowest BCUT2D eigenvalue weighted by atomic mass is 9.84. The van der Waals surface area contributed by atoms with Crippen molar-refractivity contribution in [3.05, 3.63) is 68.3 Å². The van der Waals surface area contributed by atoms with Gasteiger partial charge in [0.25, 0.3) is 11.5 Å². The summed E-state index contributed by atoms with van der Waals surface area (Å²) in [7, 11) is 0. The van der Waals surface area contributed by atoms with Crippen LogP contribution in [0.25, 0.3) is 0 Å². The third-order valence-electron chi connectivity index (χ3n) is 4.15. The monoisotopic (exact) mass is 355 g/mol. The van der Waals surface area contributed by atoms with Crippen molar-refractivity contribution in [3.8, 4) is 0 Å². The van der Waals surface area contributed by atoms with E-state index in [0.717, 1.165) is 4.88 Å². The zero-order valence-corrected chi connectivity index (χ0v) is 13.7. The predicted molar refractivity (Wildman–Crippen MR) is 90.5 cm³/mol. The largest absolute Gasteiger partial charge is 0.325 e. The molecule has 0 saturated carbocycles. The van der Waals surface area contributed by atoms with Gasteiger partial charge in [-0.15, -0.1) is 21.5 Å². The Balaban J connectivity index is 1.66. The molecular weight excluding hydrogens is 342 g/mol. The fourth-order valence-electron chi connectivity index (χ4n) is 2.96. The molecule has 25 heavy (non-hydrogen) atoms. The van der Waals surface area contributed by atoms with Gasteiger partial charge in [-0.2, -0.15) is 0 Å². The Bertz CT molecular complexity index is 991. The van der Waals surface area contributed by atoms with Gasteiger partial charge >= 0.3 is 0 Å². The standard InChI is InChI=1S/C16H13N5O3S/c22-13-5-9(14-2-1-3-25-14)4-12-10(13)6-11(15(23)19-12)16(24)20-21-7-17-18-8-21/h1-3,6-9H,4-5H2,(H,19,23)(H,20,24). The van der Waals surface area contributed by atoms with Crippen molar-refractivity contribution in [1.29, 1.82) is 0 Å². The Morgan fingerprint density at radius 1 is 1.28 bits per heavy atom. The Kier molecular flexibility index (Phi) is 3.77. The molecule has 1 aliphatic carbocycles. The number of hydrogen-bond acceptors (Lipinski definition) is 6. The van der Waals surface area contributed by atoms with Crippen molar-refractivity contribution in [2.75, 3.05) is 5.43 Å². The van der Waals surface area contributed by atoms with Gasteiger partial charge in [-0.3, -0.25) is 19.8 Å². The minimum atomic E-state index is -0.628. The molecule has 9 heteroatoms. The third kappa shape index (κ3) is 2.89. The second-order valence-corrected chi connectivity index (χ2v) is 6.74. The number of aromatic amines is 1. The summed E-state index contributed by atoms with van der Waals surface area (Å²) in [5.41, 5.74) is 2.80. The first kappa shape index (κ1) is 15.5. The van der Waals surface area contributed by atoms with Crippen LogP contribution >= 0.6 is 11.3 Å². The molecule has 1 unspecified atom stereocenters. The average molecular weight is 355 g/mol. The fraction of sp³-hybridized carbons (Fsp3) is 0.188. The van der Waals surface area contributed by atoms with Crippen LogP contribution < -0.4 is 11.0 Å². The van der Waals surface area contributed by atoms with E-state index in [0.29, 0.717) is 24.1 Å². The lowest BCUT2D eigenvalue weighted by Crippen LogP contribution is -2.31. The molecule has 0 aliphatic heterocycles. The molecule has 0 fully saturated rings. The number of Topliss-reactive ketones (excluding diaryl/α,β-unsaturated/α-hetero) is 1. The highest BCUT2D eigenvalue weighted by molar-refractivity contribution is 7.10. The summed E-state index contributed by atoms with van der Waals surface area (Å²) in [6.07, 6.45) is 3.53. The molecular formula is C16H13N5O3S. The van der Waals surface area contributed by atoms with Crippen LogP contribution in [0.3, 0.4) is 0 Å². The van der Waals surface area contributed by atoms with E-state index < -0.39 is 11.5 Å². The number of nitrogens with zero attached hydrogens (tertiary/aromatic N) is 3. The van der Waals surface area contributed by atoms with E-state index in [2.05, 4.69) is 20.6 Å². The summed E-state index contributed by atoms with van der Waals surface area (Å²) < 4.78 is 1.23. The maximum absolute atomic E-state index is 12.5. The lowest BCUT2D eigenvalue weighted by molar-refractivity contribution is 0.0963. The Morgan fingerprint density at radius 3 is 2.80 bits per heavy atom. The third-order valence-corrected chi connectivity index (χ3v) is 5.18. The molecule has 1 amide bonds. The van der Waals surface area contributed by atoms with Crippen LogP contribution in [0.5, 0.6) is 0 Å². The molecule has 0 spiro atoms. The molecule has 0 aromatic carbocycles. The van der Waals surface area contributed by atoms with Gasteiger partial charge in [-0.25, -0.2) is 4.68 Å². The van der Waals surface area contributed by atoms with Crippen molar-refractivity contribution in [2.24, 2.45) is 0 Å². The van der Waals surface area contributed by atoms with Gasteiger partial charge in [0.2, 0.25) is 0 Å². The van der Waals surface area contributed by atoms with Crippen LogP contribution in [-0.4, -0.2) is 31.5 Å². The SMILES string of the molecule is O=C1CC(c2cccs2)Cc2[nH]c(=O)c(C(=O)Nn3cnnc3)cc21. The number of hydrogen-bond donors (Lipinski definition) is 2. The number of fused-ring (bicyclic) bond motifs is 1. The Hall–Kier alpha value is -3.07. The summed E-state index contributed by atoms with van der Waals surface area (Å²) >= 11 is 1.60. The number of nitrogens with one attached hydrogen (secondary N) is 2. The van der Waals surface area contributed by atoms with Gasteiger partial charge in [-0.05, 0) is 23.9 Å². The van der Waals surface area contributed by atoms with Gasteiger partial charge in [0.05, 0.1) is 0 Å². The van der Waals surface area contributed by atoms with Gasteiger partial charge in [0.15, 0.2) is 5.78 Å². The van der Waals surface area contributed by atoms with Gasteiger partial charge in [0.1, 0.15) is 18.2 Å². The second-order valence-electron chi connectivity index (χ2n) is 5.76. The molecule has 0 bridgehead atoms. The van der Waals surface area contributed by atoms with Gasteiger partial charge in [0, 0.05) is 28.5 Å². The number of ketones is 1. The van der Waals surface area contributed by atoms with E-state index in [-0.39, 0.29) is 17.3 Å². The molecule has 1 aliphatic rings. The van der Waals surface area contributed by atoms with Crippen LogP contribution in [0.4, 0.5) is 0 Å². The minimum Gasteiger partial charge on any atom is -0.325 e. The van der Waals surface area contributed by atoms with Crippen LogP contribution in [0, 0.1) is 0 Å². The number of carbonyl (C=O) groups is 2. The highest BCUT2D eigenvalue weighted by atomic mass is 32.1. The van der Waals surface area contributed by atoms with E-state index in [1.165, 1.54) is 23.4 Å². The number of H-pyrrole nitrogens is 1. The molecule has 2 N–H and O–H groups in total. The number of rotatable bonds is 3. The first-order valence-corrected chi connectivity index (χ1v) is 8.48. The molecule has 0 saturated heterocycles. The summed E-state index contributed by atoms with van der Waals surface area (Å²) in [5.74, 6) is -0.640. The van der Waals surface area contributed by atoms with Crippen LogP contribution in [0.15, 0.2) is 41.0 Å². The number of pyridine rings is 1. The van der Waals surface area contributed by atoms with Crippen LogP contribution in [0.1, 0.15) is 43.6 Å². The zero-order valence-electron chi connectivity index (χ0n) is 12.9. The molecule has 3 heterocycles. The van der Waals surface area contributed by atoms with Gasteiger partial charge in [-0.1, -0.05) is 6.07 Å². The smallest absolute Gasteiger partial charge is 0.275 e. The topological polar surface area (TPSA) is 110 Å². The normalized spacial score (nSPS) is 16.5. The second kappa shape index (κ2) is 6.10. The minimum absolute atomic E-state index is 0.0624. The summed E-state index contributed by atoms with van der Waals surface area (Å²) in [4.78, 5) is 40.9. The van der Waals surface area contributed by atoms with E-state index in [9.17, 15) is 14.4 Å². The van der Waals surface area contributed by atoms with Crippen molar-refractivity contribution in [3.63, 3.8) is 0 Å². The first-order valence-electron chi connectivity index (χ1n) is 7.60. The molecule has 3 aromatic rings. The van der Waals surface area contributed by atoms with Crippen molar-refractivity contribution in [1.82, 2.24) is 19.9 Å². The summed E-state index contributed by atoms with van der Waals surface area (Å²) in [6.45, 7) is 0. The number of aromatic nitrogens is 4. The highest BCUT2D eigenvalue weighted by Crippen LogP contribution is 2.33. The summed E-state index contributed by atoms with van der Waals surface area (Å²) in [5, 5.41) is 9.10. The van der Waals surface area contributed by atoms with Crippen molar-refractivity contribution < 1.29 is 9.59 Å². The maximum atomic E-state index is 12.5. The number of carbonyl (C=O) groups excluding carboxylic acids is 2. The molecule has 0 radical (unpaired) electrons. The molecule has 126 valence electrons. The van der Waals surface area contributed by atoms with Crippen molar-refractivity contribution in [2.45, 2.75) is 18.8 Å². The maximum Gasteiger partial charge on any atom is 0.275 e. The highest BCUT2D eigenvalue weighted by Gasteiger charge is 2.29. The van der Waals surface area contributed by atoms with E-state index >= 15 is 0 Å². The Labute approximate surface area is 145 Å². The first-order chi connectivity index (χ1) is 12.1. The van der Waals surface area contributed by atoms with Crippen molar-refractivity contribution >= 4 is 23.0 Å². The zero-order chi connectivity index (χ0) is 17.4. The quantitative estimate of drug-likeness (QED) is 0.736. The fourth-order valence-corrected chi connectivity index (χ4v) is 3.79. The van der Waals surface area contributed by atoms with E-state index in [1.807, 2.05) is 17.5 Å². The number of amides is 1. The van der Waals surface area contributed by atoms with Crippen LogP contribution in [-0.2, 0) is 6.42 Å². The predicted octanol–water partition coefficient (Wildman–Crippen LogP) is 1.32. The Morgan fingerprint density at radius 2 is 2.08 bits per heavy atom. The lowest BCUT2D eigenvalue weighted by Gasteiger charge is -2.22. The molecule has 8 nitrogen and oxygen atoms in total. The van der Waals surface area contributed by atoms with Crippen LogP contribution in [0.2, 0.25) is 0 Å². The van der Waals surface area contributed by atoms with Gasteiger partial charge < -0.3 is 4.98 Å². The summed E-state index contributed by atoms with van der Waals surface area (Å²) in [6, 6.07) is 5.31. The molecule has 3 aromatic heterocycles. The number of thiophene rings is 1. The van der Waals surface area contributed by atoms with E-state index in [4.69, 9.17) is 0 Å². The molecule has 4 rings (SSSR count). The average Bonchev–Trinajstić information content (AvgIpc) is 3.27. The van der Waals surface area contributed by atoms with E-state index in [1.54, 1.807) is 11.3 Å². The molecule has 1 atom stereocenters.